The average molecular weight is 658 g/mol. The van der Waals surface area contributed by atoms with Crippen LogP contribution in [0.2, 0.25) is 0 Å². The average Bonchev–Trinajstić information content (AvgIpc) is 2.98. The molecule has 45 heavy (non-hydrogen) atoms. The molecule has 1 amide bonds. The van der Waals surface area contributed by atoms with Gasteiger partial charge in [-0.15, -0.1) is 0 Å². The predicted molar refractivity (Wildman–Crippen MR) is 170 cm³/mol. The van der Waals surface area contributed by atoms with Crippen molar-refractivity contribution in [1.82, 2.24) is 15.6 Å². The summed E-state index contributed by atoms with van der Waals surface area (Å²) in [6.07, 6.45) is 1.38. The Labute approximate surface area is 268 Å². The zero-order valence-corrected chi connectivity index (χ0v) is 27.6. The molecular formula is C33H44ClF4N3O4. The second-order valence-electron chi connectivity index (χ2n) is 10.5. The van der Waals surface area contributed by atoms with Crippen molar-refractivity contribution in [3.63, 3.8) is 0 Å². The van der Waals surface area contributed by atoms with Gasteiger partial charge in [-0.05, 0) is 88.2 Å². The predicted octanol–water partition coefficient (Wildman–Crippen LogP) is 7.31. The number of hydrogen-bond donors (Lipinski definition) is 3. The van der Waals surface area contributed by atoms with E-state index in [2.05, 4.69) is 17.2 Å². The smallest absolute Gasteiger partial charge is 0.424 e. The molecule has 1 aromatic carbocycles. The third kappa shape index (κ3) is 12.1. The number of alkyl halides is 3. The van der Waals surface area contributed by atoms with Crippen molar-refractivity contribution in [2.45, 2.75) is 71.7 Å². The fourth-order valence-corrected chi connectivity index (χ4v) is 4.18. The Kier molecular flexibility index (Phi) is 16.3. The van der Waals surface area contributed by atoms with Gasteiger partial charge in [-0.1, -0.05) is 43.7 Å². The number of aryl methyl sites for hydroxylation is 1. The second kappa shape index (κ2) is 18.5. The first-order valence-corrected chi connectivity index (χ1v) is 14.8. The Morgan fingerprint density at radius 3 is 2.36 bits per heavy atom. The topological polar surface area (TPSA) is 92.7 Å². The van der Waals surface area contributed by atoms with Gasteiger partial charge in [-0.2, -0.15) is 13.2 Å². The van der Waals surface area contributed by atoms with Crippen molar-refractivity contribution in [3.05, 3.63) is 88.0 Å². The van der Waals surface area contributed by atoms with Gasteiger partial charge in [0.1, 0.15) is 5.83 Å². The number of methoxy groups -OCH3 is 1. The third-order valence-corrected chi connectivity index (χ3v) is 6.77. The summed E-state index contributed by atoms with van der Waals surface area (Å²) in [6, 6.07) is 8.71. The van der Waals surface area contributed by atoms with E-state index < -0.39 is 35.4 Å². The summed E-state index contributed by atoms with van der Waals surface area (Å²) in [5.41, 5.74) is -2.98. The molecule has 7 nitrogen and oxygen atoms in total. The third-order valence-electron chi connectivity index (χ3n) is 6.47. The number of benzene rings is 1. The Balaban J connectivity index is 0.000000645. The highest BCUT2D eigenvalue weighted by Gasteiger charge is 2.56. The van der Waals surface area contributed by atoms with E-state index in [1.807, 2.05) is 37.4 Å². The van der Waals surface area contributed by atoms with Crippen molar-refractivity contribution in [3.8, 4) is 11.5 Å². The van der Waals surface area contributed by atoms with Crippen molar-refractivity contribution in [1.29, 1.82) is 0 Å². The molecule has 0 bridgehead atoms. The zero-order chi connectivity index (χ0) is 34.3. The van der Waals surface area contributed by atoms with E-state index in [0.717, 1.165) is 30.6 Å². The minimum atomic E-state index is -5.11. The first-order valence-electron chi connectivity index (χ1n) is 14.4. The van der Waals surface area contributed by atoms with Crippen molar-refractivity contribution in [2.24, 2.45) is 0 Å². The van der Waals surface area contributed by atoms with E-state index in [-0.39, 0.29) is 23.6 Å². The molecule has 2 aromatic rings. The summed E-state index contributed by atoms with van der Waals surface area (Å²) in [6.45, 7) is 11.3. The molecule has 1 atom stereocenters. The molecule has 0 saturated carbocycles. The van der Waals surface area contributed by atoms with E-state index >= 15 is 0 Å². The standard InChI is InChI=1S/C22H28ClF4N3O2.C11H16O2/c1-5-8-18(24)17(23)10-7-9-16-11-15(20(3,4)29-6-2)12-19(30-16)21(32,13-28-14-31)22(25,26)27;1-4-7-13-10-6-5-9(2)8-11(10)12-3/h5,7-8,10-12,14,29,32H,6,9,13H2,1-4H3,(H,28,31);5-6,8H,4,7H2,1-3H3/b8-5-,10-7+,18-17-;. The maximum Gasteiger partial charge on any atom is 0.424 e. The molecule has 1 unspecified atom stereocenters. The lowest BCUT2D eigenvalue weighted by molar-refractivity contribution is -0.265. The second-order valence-corrected chi connectivity index (χ2v) is 11.0. The number of aromatic nitrogens is 1. The Morgan fingerprint density at radius 2 is 1.80 bits per heavy atom. The number of rotatable bonds is 15. The van der Waals surface area contributed by atoms with Crippen molar-refractivity contribution < 1.29 is 36.9 Å². The first kappa shape index (κ1) is 39.6. The highest BCUT2D eigenvalue weighted by atomic mass is 35.5. The first-order chi connectivity index (χ1) is 21.1. The van der Waals surface area contributed by atoms with Crippen LogP contribution in [0.4, 0.5) is 17.6 Å². The van der Waals surface area contributed by atoms with Gasteiger partial charge in [0.05, 0.1) is 31.0 Å². The Hall–Kier alpha value is -3.41. The minimum absolute atomic E-state index is 0.0252. The molecular weight excluding hydrogens is 614 g/mol. The molecule has 250 valence electrons. The number of aliphatic hydroxyl groups is 1. The van der Waals surface area contributed by atoms with Gasteiger partial charge in [-0.3, -0.25) is 9.78 Å². The van der Waals surface area contributed by atoms with Crippen LogP contribution in [0, 0.1) is 6.92 Å². The Bertz CT molecular complexity index is 1330. The fourth-order valence-electron chi connectivity index (χ4n) is 4.03. The normalized spacial score (nSPS) is 14.0. The van der Waals surface area contributed by atoms with Crippen LogP contribution in [0.1, 0.15) is 63.6 Å². The fraction of sp³-hybridized carbons (Fsp3) is 0.455. The van der Waals surface area contributed by atoms with Crippen LogP contribution < -0.4 is 20.1 Å². The molecule has 0 saturated heterocycles. The molecule has 0 aliphatic carbocycles. The van der Waals surface area contributed by atoms with Gasteiger partial charge in [-0.25, -0.2) is 4.39 Å². The number of nitrogens with one attached hydrogen (secondary N) is 2. The van der Waals surface area contributed by atoms with Gasteiger partial charge in [0, 0.05) is 17.7 Å². The summed E-state index contributed by atoms with van der Waals surface area (Å²) in [5.74, 6) is 0.982. The maximum atomic E-state index is 13.8. The lowest BCUT2D eigenvalue weighted by Crippen LogP contribution is -2.50. The number of hydrogen-bond acceptors (Lipinski definition) is 6. The number of pyridine rings is 1. The summed E-state index contributed by atoms with van der Waals surface area (Å²) >= 11 is 5.85. The summed E-state index contributed by atoms with van der Waals surface area (Å²) in [7, 11) is 1.66. The van der Waals surface area contributed by atoms with Gasteiger partial charge >= 0.3 is 6.18 Å². The number of carbonyl (C=O) groups is 1. The molecule has 0 aliphatic heterocycles. The number of nitrogens with zero attached hydrogens (tertiary/aromatic N) is 1. The summed E-state index contributed by atoms with van der Waals surface area (Å²) in [5, 5.41) is 15.4. The maximum absolute atomic E-state index is 13.8. The Morgan fingerprint density at radius 1 is 1.11 bits per heavy atom. The molecule has 2 rings (SSSR count). The SMILES string of the molecule is CCCOc1ccc(C)cc1OC.C\C=C/C(F)=C(Cl)\C=C\Cc1cc(C(C)(C)NCC)cc(C(O)(CNC=O)C(F)(F)F)n1. The van der Waals surface area contributed by atoms with Gasteiger partial charge < -0.3 is 25.2 Å². The van der Waals surface area contributed by atoms with Crippen molar-refractivity contribution >= 4 is 18.0 Å². The number of amides is 1. The van der Waals surface area contributed by atoms with Gasteiger partial charge in [0.15, 0.2) is 11.5 Å². The van der Waals surface area contributed by atoms with Gasteiger partial charge in [0.2, 0.25) is 12.0 Å². The quantitative estimate of drug-likeness (QED) is 0.106. The molecule has 12 heteroatoms. The van der Waals surface area contributed by atoms with E-state index in [4.69, 9.17) is 21.1 Å². The van der Waals surface area contributed by atoms with Crippen molar-refractivity contribution in [2.75, 3.05) is 26.8 Å². The zero-order valence-electron chi connectivity index (χ0n) is 26.8. The van der Waals surface area contributed by atoms with E-state index in [1.165, 1.54) is 29.9 Å². The molecule has 3 N–H and O–H groups in total. The largest absolute Gasteiger partial charge is 0.493 e. The number of halogens is 5. The summed E-state index contributed by atoms with van der Waals surface area (Å²) in [4.78, 5) is 14.6. The van der Waals surface area contributed by atoms with E-state index in [0.29, 0.717) is 12.1 Å². The van der Waals surface area contributed by atoms with E-state index in [1.54, 1.807) is 33.9 Å². The van der Waals surface area contributed by atoms with Crippen LogP contribution in [0.5, 0.6) is 11.5 Å². The minimum Gasteiger partial charge on any atom is -0.493 e. The van der Waals surface area contributed by atoms with Crippen LogP contribution >= 0.6 is 11.6 Å². The number of ether oxygens (including phenoxy) is 2. The number of allylic oxidation sites excluding steroid dienone is 6. The van der Waals surface area contributed by atoms with Gasteiger partial charge in [0.25, 0.3) is 0 Å². The number of carbonyl (C=O) groups excluding carboxylic acids is 1. The lowest BCUT2D eigenvalue weighted by Gasteiger charge is -2.32. The monoisotopic (exact) mass is 657 g/mol. The molecule has 1 aromatic heterocycles. The van der Waals surface area contributed by atoms with Crippen LogP contribution in [-0.4, -0.2) is 49.5 Å². The molecule has 0 spiro atoms. The highest BCUT2D eigenvalue weighted by molar-refractivity contribution is 6.31. The van der Waals surface area contributed by atoms with Crippen LogP contribution in [0.15, 0.2) is 65.5 Å². The van der Waals surface area contributed by atoms with Crippen LogP contribution in [-0.2, 0) is 22.4 Å². The molecule has 0 aliphatic rings. The molecule has 1 heterocycles. The molecule has 0 fully saturated rings. The molecule has 0 radical (unpaired) electrons. The summed E-state index contributed by atoms with van der Waals surface area (Å²) < 4.78 is 65.8. The van der Waals surface area contributed by atoms with Crippen LogP contribution in [0.25, 0.3) is 0 Å². The van der Waals surface area contributed by atoms with E-state index in [9.17, 15) is 27.5 Å². The highest BCUT2D eigenvalue weighted by Crippen LogP contribution is 2.39. The lowest BCUT2D eigenvalue weighted by atomic mass is 9.89. The van der Waals surface area contributed by atoms with Crippen LogP contribution in [0.3, 0.4) is 0 Å².